The number of hydrogen-bond acceptors (Lipinski definition) is 5. The van der Waals surface area contributed by atoms with Crippen LogP contribution in [0, 0.1) is 0 Å². The van der Waals surface area contributed by atoms with Crippen LogP contribution in [-0.4, -0.2) is 36.6 Å². The summed E-state index contributed by atoms with van der Waals surface area (Å²) < 4.78 is 7.72. The van der Waals surface area contributed by atoms with Crippen molar-refractivity contribution in [3.05, 3.63) is 59.3 Å². The number of rotatable bonds is 8. The van der Waals surface area contributed by atoms with Crippen molar-refractivity contribution in [3.63, 3.8) is 0 Å². The van der Waals surface area contributed by atoms with Crippen LogP contribution in [0.2, 0.25) is 0 Å². The Morgan fingerprint density at radius 2 is 2.03 bits per heavy atom. The molecule has 0 radical (unpaired) electrons. The van der Waals surface area contributed by atoms with Gasteiger partial charge in [0.05, 0.1) is 23.9 Å². The number of pyridine rings is 1. The lowest BCUT2D eigenvalue weighted by Crippen LogP contribution is -2.13. The second-order valence-corrected chi connectivity index (χ2v) is 7.77. The molecule has 0 aliphatic heterocycles. The molecule has 158 valence electrons. The van der Waals surface area contributed by atoms with Crippen LogP contribution >= 0.6 is 0 Å². The lowest BCUT2D eigenvalue weighted by molar-refractivity contribution is 0.309. The molecule has 0 atom stereocenters. The molecule has 3 aromatic heterocycles. The Balaban J connectivity index is 1.54. The monoisotopic (exact) mass is 416 g/mol. The second-order valence-electron chi connectivity index (χ2n) is 7.77. The third-order valence-corrected chi connectivity index (χ3v) is 5.42. The first-order valence-corrected chi connectivity index (χ1v) is 10.6. The highest BCUT2D eigenvalue weighted by atomic mass is 16.5. The number of aromatic nitrogens is 6. The number of ether oxygens (including phenoxy) is 1. The SMILES string of the molecule is CCCCOc1ccc(-c2cc(-c3ccn(C4CC4)n3)c(-c3ncn[nH]3)c(=O)[nH]2)cc1. The Kier molecular flexibility index (Phi) is 5.11. The van der Waals surface area contributed by atoms with Gasteiger partial charge in [-0.15, -0.1) is 0 Å². The number of nitrogens with zero attached hydrogens (tertiary/aromatic N) is 4. The first kappa shape index (κ1) is 19.3. The zero-order valence-corrected chi connectivity index (χ0v) is 17.3. The normalized spacial score (nSPS) is 13.5. The van der Waals surface area contributed by atoms with Gasteiger partial charge in [-0.2, -0.15) is 10.2 Å². The van der Waals surface area contributed by atoms with Crippen molar-refractivity contribution in [2.75, 3.05) is 6.61 Å². The molecule has 1 aliphatic rings. The predicted octanol–water partition coefficient (Wildman–Crippen LogP) is 4.20. The molecule has 0 unspecified atom stereocenters. The molecule has 1 fully saturated rings. The van der Waals surface area contributed by atoms with E-state index in [-0.39, 0.29) is 5.56 Å². The van der Waals surface area contributed by atoms with Gasteiger partial charge in [-0.05, 0) is 61.2 Å². The summed E-state index contributed by atoms with van der Waals surface area (Å²) in [5.41, 5.74) is 3.26. The van der Waals surface area contributed by atoms with Crippen LogP contribution in [0.25, 0.3) is 33.9 Å². The molecule has 8 nitrogen and oxygen atoms in total. The van der Waals surface area contributed by atoms with E-state index in [1.54, 1.807) is 0 Å². The predicted molar refractivity (Wildman–Crippen MR) is 118 cm³/mol. The number of nitrogens with one attached hydrogen (secondary N) is 2. The van der Waals surface area contributed by atoms with Crippen LogP contribution in [0.1, 0.15) is 38.6 Å². The molecule has 31 heavy (non-hydrogen) atoms. The van der Waals surface area contributed by atoms with E-state index >= 15 is 0 Å². The van der Waals surface area contributed by atoms with E-state index in [0.717, 1.165) is 48.3 Å². The number of benzene rings is 1. The highest BCUT2D eigenvalue weighted by Gasteiger charge is 2.25. The second kappa shape index (κ2) is 8.22. The van der Waals surface area contributed by atoms with Crippen molar-refractivity contribution in [3.8, 4) is 39.7 Å². The molecule has 8 heteroatoms. The molecule has 1 aliphatic carbocycles. The molecule has 1 aromatic carbocycles. The van der Waals surface area contributed by atoms with Crippen LogP contribution in [0.15, 0.2) is 53.7 Å². The van der Waals surface area contributed by atoms with Crippen LogP contribution in [0.3, 0.4) is 0 Å². The van der Waals surface area contributed by atoms with Crippen molar-refractivity contribution in [2.24, 2.45) is 0 Å². The average Bonchev–Trinajstić information content (AvgIpc) is 3.28. The van der Waals surface area contributed by atoms with Crippen LogP contribution in [0.5, 0.6) is 5.75 Å². The molecule has 1 saturated carbocycles. The Hall–Kier alpha value is -3.68. The molecular formula is C23H24N6O2. The van der Waals surface area contributed by atoms with Gasteiger partial charge in [-0.25, -0.2) is 4.98 Å². The third kappa shape index (κ3) is 4.01. The minimum Gasteiger partial charge on any atom is -0.494 e. The summed E-state index contributed by atoms with van der Waals surface area (Å²) >= 11 is 0. The maximum absolute atomic E-state index is 13.1. The van der Waals surface area contributed by atoms with E-state index in [2.05, 4.69) is 27.1 Å². The molecule has 3 heterocycles. The topological polar surface area (TPSA) is 101 Å². The Labute approximate surface area is 179 Å². The van der Waals surface area contributed by atoms with E-state index in [9.17, 15) is 4.79 Å². The zero-order chi connectivity index (χ0) is 21.2. The summed E-state index contributed by atoms with van der Waals surface area (Å²) in [6.07, 6.45) is 7.77. The first-order chi connectivity index (χ1) is 15.2. The van der Waals surface area contributed by atoms with Gasteiger partial charge in [0.25, 0.3) is 5.56 Å². The fourth-order valence-corrected chi connectivity index (χ4v) is 3.57. The number of unbranched alkanes of at least 4 members (excludes halogenated alkanes) is 1. The minimum atomic E-state index is -0.242. The molecule has 0 bridgehead atoms. The van der Waals surface area contributed by atoms with Gasteiger partial charge in [0.1, 0.15) is 12.1 Å². The van der Waals surface area contributed by atoms with E-state index in [1.165, 1.54) is 6.33 Å². The number of aromatic amines is 2. The van der Waals surface area contributed by atoms with E-state index in [1.807, 2.05) is 47.3 Å². The van der Waals surface area contributed by atoms with Crippen LogP contribution < -0.4 is 10.3 Å². The zero-order valence-electron chi connectivity index (χ0n) is 17.3. The highest BCUT2D eigenvalue weighted by molar-refractivity contribution is 5.81. The van der Waals surface area contributed by atoms with Crippen LogP contribution in [0.4, 0.5) is 0 Å². The Morgan fingerprint density at radius 3 is 2.74 bits per heavy atom. The quantitative estimate of drug-likeness (QED) is 0.419. The van der Waals surface area contributed by atoms with Crippen LogP contribution in [-0.2, 0) is 0 Å². The van der Waals surface area contributed by atoms with Gasteiger partial charge in [0.2, 0.25) is 0 Å². The van der Waals surface area contributed by atoms with E-state index < -0.39 is 0 Å². The minimum absolute atomic E-state index is 0.242. The molecule has 5 rings (SSSR count). The van der Waals surface area contributed by atoms with Gasteiger partial charge in [0, 0.05) is 17.5 Å². The van der Waals surface area contributed by atoms with Gasteiger partial charge < -0.3 is 9.72 Å². The fourth-order valence-electron chi connectivity index (χ4n) is 3.57. The first-order valence-electron chi connectivity index (χ1n) is 10.6. The Bertz CT molecular complexity index is 1220. The fraction of sp³-hybridized carbons (Fsp3) is 0.304. The summed E-state index contributed by atoms with van der Waals surface area (Å²) in [4.78, 5) is 20.3. The third-order valence-electron chi connectivity index (χ3n) is 5.42. The van der Waals surface area contributed by atoms with Crippen molar-refractivity contribution in [2.45, 2.75) is 38.6 Å². The van der Waals surface area contributed by atoms with E-state index in [4.69, 9.17) is 9.84 Å². The maximum atomic E-state index is 13.1. The van der Waals surface area contributed by atoms with E-state index in [0.29, 0.717) is 29.7 Å². The summed E-state index contributed by atoms with van der Waals surface area (Å²) in [7, 11) is 0. The smallest absolute Gasteiger partial charge is 0.260 e. The molecule has 0 saturated heterocycles. The maximum Gasteiger partial charge on any atom is 0.260 e. The van der Waals surface area contributed by atoms with Crippen molar-refractivity contribution in [1.29, 1.82) is 0 Å². The standard InChI is InChI=1S/C23H24N6O2/c1-2-3-12-31-17-8-4-15(5-9-17)20-13-18(19-10-11-29(28-19)16-6-7-16)21(23(30)26-20)22-24-14-25-27-22/h4-5,8-11,13-14,16H,2-3,6-7,12H2,1H3,(H,26,30)(H,24,25,27). The summed E-state index contributed by atoms with van der Waals surface area (Å²) in [5.74, 6) is 1.24. The average molecular weight is 416 g/mol. The van der Waals surface area contributed by atoms with Crippen molar-refractivity contribution < 1.29 is 4.74 Å². The molecular weight excluding hydrogens is 392 g/mol. The van der Waals surface area contributed by atoms with Gasteiger partial charge in [-0.1, -0.05) is 13.3 Å². The van der Waals surface area contributed by atoms with Gasteiger partial charge in [-0.3, -0.25) is 14.6 Å². The number of H-pyrrole nitrogens is 2. The lowest BCUT2D eigenvalue weighted by Gasteiger charge is -2.10. The summed E-state index contributed by atoms with van der Waals surface area (Å²) in [6, 6.07) is 12.1. The molecule has 4 aromatic rings. The lowest BCUT2D eigenvalue weighted by atomic mass is 10.0. The summed E-state index contributed by atoms with van der Waals surface area (Å²) in [5, 5.41) is 11.4. The summed E-state index contributed by atoms with van der Waals surface area (Å²) in [6.45, 7) is 2.84. The molecule has 2 N–H and O–H groups in total. The number of hydrogen-bond donors (Lipinski definition) is 2. The largest absolute Gasteiger partial charge is 0.494 e. The Morgan fingerprint density at radius 1 is 1.19 bits per heavy atom. The molecule has 0 amide bonds. The van der Waals surface area contributed by atoms with Crippen molar-refractivity contribution in [1.82, 2.24) is 29.9 Å². The highest BCUT2D eigenvalue weighted by Crippen LogP contribution is 2.36. The van der Waals surface area contributed by atoms with Crippen molar-refractivity contribution >= 4 is 0 Å². The van der Waals surface area contributed by atoms with Gasteiger partial charge >= 0.3 is 0 Å². The van der Waals surface area contributed by atoms with Gasteiger partial charge in [0.15, 0.2) is 5.82 Å². The molecule has 0 spiro atoms.